The molecule has 0 saturated heterocycles. The molecule has 0 bridgehead atoms. The molecule has 0 aliphatic heterocycles. The molecule has 3 amide bonds. The standard InChI is InChI=1S/C29H47N3O8/c1-5-24(33)14-9-10-18-37-22-25(39-20-12-16-31-28(35)7-3)26(40-21-13-17-32-29(36)8-4)23-38-19-11-15-30-27(34)6-2/h5-8,25-26H,1-4,9-23H2,(H,30,34)(H,31,35)(H,32,36)/t25-,26+/m1/s1. The summed E-state index contributed by atoms with van der Waals surface area (Å²) in [5, 5.41) is 8.11. The second kappa shape index (κ2) is 26.1. The van der Waals surface area contributed by atoms with Gasteiger partial charge in [0.05, 0.1) is 13.2 Å². The molecule has 40 heavy (non-hydrogen) atoms. The number of carbonyl (C=O) groups excluding carboxylic acids is 4. The summed E-state index contributed by atoms with van der Waals surface area (Å²) in [6.45, 7) is 17.1. The maximum Gasteiger partial charge on any atom is 0.243 e. The maximum absolute atomic E-state index is 11.4. The van der Waals surface area contributed by atoms with E-state index in [0.29, 0.717) is 84.6 Å². The van der Waals surface area contributed by atoms with Gasteiger partial charge < -0.3 is 34.9 Å². The Kier molecular flexibility index (Phi) is 24.1. The smallest absolute Gasteiger partial charge is 0.243 e. The van der Waals surface area contributed by atoms with Crippen LogP contribution in [0, 0.1) is 0 Å². The number of amides is 3. The Labute approximate surface area is 238 Å². The van der Waals surface area contributed by atoms with Crippen LogP contribution in [-0.2, 0) is 38.1 Å². The van der Waals surface area contributed by atoms with Crippen LogP contribution in [0.3, 0.4) is 0 Å². The molecule has 11 nitrogen and oxygen atoms in total. The summed E-state index contributed by atoms with van der Waals surface area (Å²) < 4.78 is 23.9. The zero-order valence-corrected chi connectivity index (χ0v) is 23.7. The molecule has 0 aliphatic carbocycles. The van der Waals surface area contributed by atoms with Crippen LogP contribution in [0.4, 0.5) is 0 Å². The summed E-state index contributed by atoms with van der Waals surface area (Å²) in [5.74, 6) is -0.745. The number of ether oxygens (including phenoxy) is 4. The minimum Gasteiger partial charge on any atom is -0.379 e. The SMILES string of the molecule is C=CC(=O)CCCCOC[C@@H](OCCCNC(=O)C=C)[C@H](COCCCNC(=O)C=C)OCCCNC(=O)C=C. The highest BCUT2D eigenvalue weighted by Crippen LogP contribution is 2.10. The molecular weight excluding hydrogens is 518 g/mol. The molecule has 0 heterocycles. The molecule has 0 aromatic heterocycles. The first-order valence-electron chi connectivity index (χ1n) is 13.6. The van der Waals surface area contributed by atoms with Gasteiger partial charge in [-0.3, -0.25) is 19.2 Å². The fraction of sp³-hybridized carbons (Fsp3) is 0.586. The number of unbranched alkanes of at least 4 members (excludes halogenated alkanes) is 1. The van der Waals surface area contributed by atoms with Gasteiger partial charge in [0.15, 0.2) is 5.78 Å². The molecule has 0 radical (unpaired) electrons. The van der Waals surface area contributed by atoms with Crippen LogP contribution in [0.2, 0.25) is 0 Å². The Morgan fingerprint density at radius 3 is 1.35 bits per heavy atom. The second-order valence-corrected chi connectivity index (χ2v) is 8.64. The van der Waals surface area contributed by atoms with Gasteiger partial charge in [0, 0.05) is 52.5 Å². The van der Waals surface area contributed by atoms with Crippen molar-refractivity contribution in [2.24, 2.45) is 0 Å². The van der Waals surface area contributed by atoms with Crippen LogP contribution in [0.1, 0.15) is 38.5 Å². The predicted molar refractivity (Wildman–Crippen MR) is 154 cm³/mol. The molecule has 0 rings (SSSR count). The summed E-state index contributed by atoms with van der Waals surface area (Å²) in [7, 11) is 0. The first-order chi connectivity index (χ1) is 19.4. The van der Waals surface area contributed by atoms with E-state index in [1.807, 2.05) is 0 Å². The van der Waals surface area contributed by atoms with E-state index >= 15 is 0 Å². The van der Waals surface area contributed by atoms with E-state index in [2.05, 4.69) is 42.3 Å². The second-order valence-electron chi connectivity index (χ2n) is 8.64. The number of nitrogens with one attached hydrogen (secondary N) is 3. The van der Waals surface area contributed by atoms with Gasteiger partial charge in [-0.25, -0.2) is 0 Å². The van der Waals surface area contributed by atoms with Crippen LogP contribution in [0.25, 0.3) is 0 Å². The fourth-order valence-corrected chi connectivity index (χ4v) is 3.17. The van der Waals surface area contributed by atoms with Gasteiger partial charge in [0.1, 0.15) is 12.2 Å². The largest absolute Gasteiger partial charge is 0.379 e. The van der Waals surface area contributed by atoms with E-state index < -0.39 is 12.2 Å². The van der Waals surface area contributed by atoms with Gasteiger partial charge >= 0.3 is 0 Å². The average Bonchev–Trinajstić information content (AvgIpc) is 2.97. The van der Waals surface area contributed by atoms with E-state index in [9.17, 15) is 19.2 Å². The summed E-state index contributed by atoms with van der Waals surface area (Å²) in [6, 6.07) is 0. The van der Waals surface area contributed by atoms with Crippen molar-refractivity contribution >= 4 is 23.5 Å². The van der Waals surface area contributed by atoms with Crippen molar-refractivity contribution in [3.63, 3.8) is 0 Å². The zero-order valence-electron chi connectivity index (χ0n) is 23.7. The lowest BCUT2D eigenvalue weighted by molar-refractivity contribution is -0.129. The maximum atomic E-state index is 11.4. The third kappa shape index (κ3) is 21.8. The first kappa shape index (κ1) is 36.9. The van der Waals surface area contributed by atoms with Crippen LogP contribution >= 0.6 is 0 Å². The van der Waals surface area contributed by atoms with Gasteiger partial charge in [-0.05, 0) is 56.4 Å². The van der Waals surface area contributed by atoms with Gasteiger partial charge in [0.25, 0.3) is 0 Å². The van der Waals surface area contributed by atoms with Gasteiger partial charge in [0.2, 0.25) is 17.7 Å². The third-order valence-electron chi connectivity index (χ3n) is 5.39. The van der Waals surface area contributed by atoms with Crippen molar-refractivity contribution in [3.8, 4) is 0 Å². The highest BCUT2D eigenvalue weighted by atomic mass is 16.6. The third-order valence-corrected chi connectivity index (χ3v) is 5.39. The van der Waals surface area contributed by atoms with Crippen molar-refractivity contribution in [1.29, 1.82) is 0 Å². The lowest BCUT2D eigenvalue weighted by Gasteiger charge is -2.28. The van der Waals surface area contributed by atoms with Crippen molar-refractivity contribution in [2.45, 2.75) is 50.7 Å². The number of allylic oxidation sites excluding steroid dienone is 1. The molecular formula is C29H47N3O8. The average molecular weight is 566 g/mol. The molecule has 0 unspecified atom stereocenters. The van der Waals surface area contributed by atoms with E-state index in [1.54, 1.807) is 0 Å². The number of hydrogen-bond acceptors (Lipinski definition) is 8. The van der Waals surface area contributed by atoms with Crippen LogP contribution in [0.15, 0.2) is 50.6 Å². The Balaban J connectivity index is 4.99. The summed E-state index contributed by atoms with van der Waals surface area (Å²) in [4.78, 5) is 45.4. The molecule has 3 N–H and O–H groups in total. The quantitative estimate of drug-likeness (QED) is 0.0963. The van der Waals surface area contributed by atoms with E-state index in [1.165, 1.54) is 24.3 Å². The van der Waals surface area contributed by atoms with E-state index in [-0.39, 0.29) is 36.7 Å². The molecule has 2 atom stereocenters. The van der Waals surface area contributed by atoms with Crippen LogP contribution in [-0.4, -0.2) is 95.0 Å². The summed E-state index contributed by atoms with van der Waals surface area (Å²) in [5.41, 5.74) is 0. The van der Waals surface area contributed by atoms with Crippen molar-refractivity contribution < 1.29 is 38.1 Å². The Morgan fingerprint density at radius 2 is 0.950 bits per heavy atom. The van der Waals surface area contributed by atoms with Crippen LogP contribution < -0.4 is 16.0 Å². The van der Waals surface area contributed by atoms with Gasteiger partial charge in [-0.2, -0.15) is 0 Å². The predicted octanol–water partition coefficient (Wildman–Crippen LogP) is 1.79. The summed E-state index contributed by atoms with van der Waals surface area (Å²) >= 11 is 0. The molecule has 0 aliphatic rings. The monoisotopic (exact) mass is 565 g/mol. The minimum atomic E-state index is -0.469. The lowest BCUT2D eigenvalue weighted by atomic mass is 10.2. The Bertz CT molecular complexity index is 723. The highest BCUT2D eigenvalue weighted by molar-refractivity contribution is 5.89. The van der Waals surface area contributed by atoms with Crippen LogP contribution in [0.5, 0.6) is 0 Å². The number of ketones is 1. The van der Waals surface area contributed by atoms with E-state index in [4.69, 9.17) is 18.9 Å². The van der Waals surface area contributed by atoms with E-state index in [0.717, 1.165) is 0 Å². The topological polar surface area (TPSA) is 141 Å². The number of carbonyl (C=O) groups is 4. The van der Waals surface area contributed by atoms with Crippen molar-refractivity contribution in [3.05, 3.63) is 50.6 Å². The molecule has 0 spiro atoms. The molecule has 0 fully saturated rings. The number of rotatable bonds is 28. The zero-order chi connectivity index (χ0) is 29.8. The molecule has 0 aromatic rings. The van der Waals surface area contributed by atoms with Crippen molar-refractivity contribution in [2.75, 3.05) is 59.3 Å². The first-order valence-corrected chi connectivity index (χ1v) is 13.6. The Hall–Kier alpha value is -3.12. The lowest BCUT2D eigenvalue weighted by Crippen LogP contribution is -2.40. The minimum absolute atomic E-state index is 0.00343. The molecule has 11 heteroatoms. The fourth-order valence-electron chi connectivity index (χ4n) is 3.17. The molecule has 0 saturated carbocycles. The highest BCUT2D eigenvalue weighted by Gasteiger charge is 2.24. The van der Waals surface area contributed by atoms with Crippen molar-refractivity contribution in [1.82, 2.24) is 16.0 Å². The normalized spacial score (nSPS) is 12.0. The number of hydrogen-bond donors (Lipinski definition) is 3. The molecule has 0 aromatic carbocycles. The summed E-state index contributed by atoms with van der Waals surface area (Å²) in [6.07, 6.45) is 7.60. The van der Waals surface area contributed by atoms with Gasteiger partial charge in [-0.15, -0.1) is 0 Å². The molecule has 226 valence electrons. The van der Waals surface area contributed by atoms with Gasteiger partial charge in [-0.1, -0.05) is 26.3 Å². The Morgan fingerprint density at radius 1 is 0.550 bits per heavy atom.